The first-order valence-corrected chi connectivity index (χ1v) is 13.9. The predicted octanol–water partition coefficient (Wildman–Crippen LogP) is 4.10. The molecule has 0 aliphatic rings. The van der Waals surface area contributed by atoms with Crippen LogP contribution in [-0.2, 0) is 16.5 Å². The van der Waals surface area contributed by atoms with Gasteiger partial charge >= 0.3 is 29.6 Å². The Labute approximate surface area is 263 Å². The van der Waals surface area contributed by atoms with Gasteiger partial charge in [-0.05, 0) is 48.6 Å². The molecule has 4 aromatic rings. The van der Waals surface area contributed by atoms with Gasteiger partial charge in [0.25, 0.3) is 16.0 Å². The van der Waals surface area contributed by atoms with Crippen molar-refractivity contribution in [1.29, 1.82) is 0 Å². The van der Waals surface area contributed by atoms with Gasteiger partial charge in [-0.1, -0.05) is 66.2 Å². The van der Waals surface area contributed by atoms with Crippen molar-refractivity contribution in [1.82, 2.24) is 0 Å². The molecule has 0 fully saturated rings. The van der Waals surface area contributed by atoms with Crippen LogP contribution in [0.2, 0.25) is 10.0 Å². The number of rotatable bonds is 8. The molecule has 0 saturated carbocycles. The molecular weight excluding hydrogens is 588 g/mol. The van der Waals surface area contributed by atoms with Gasteiger partial charge in [-0.2, -0.15) is 13.5 Å². The summed E-state index contributed by atoms with van der Waals surface area (Å²) in [7, 11) is -4.77. The molecule has 202 valence electrons. The molecule has 2 N–H and O–H groups in total. The number of amides is 1. The van der Waals surface area contributed by atoms with Crippen LogP contribution < -0.4 is 44.7 Å². The van der Waals surface area contributed by atoms with Crippen LogP contribution in [0.25, 0.3) is 10.8 Å². The zero-order chi connectivity index (χ0) is 28.3. The number of hydrogen-bond acceptors (Lipinski definition) is 7. The predicted molar refractivity (Wildman–Crippen MR) is 149 cm³/mol. The van der Waals surface area contributed by atoms with Crippen molar-refractivity contribution < 1.29 is 57.2 Å². The topological polar surface area (TPSA) is 140 Å². The second-order valence-electron chi connectivity index (χ2n) is 8.30. The van der Waals surface area contributed by atoms with Crippen LogP contribution in [0, 0.1) is 0 Å². The van der Waals surface area contributed by atoms with Gasteiger partial charge in [0.1, 0.15) is 16.3 Å². The van der Waals surface area contributed by atoms with Gasteiger partial charge in [0, 0.05) is 27.7 Å². The molecule has 0 aliphatic carbocycles. The number of carbonyl (C=O) groups is 1. The van der Waals surface area contributed by atoms with Crippen molar-refractivity contribution in [2.45, 2.75) is 25.2 Å². The number of ether oxygens (including phenoxy) is 1. The molecule has 0 aliphatic heterocycles. The van der Waals surface area contributed by atoms with E-state index in [1.54, 1.807) is 56.3 Å². The average Bonchev–Trinajstić information content (AvgIpc) is 2.87. The van der Waals surface area contributed by atoms with Crippen LogP contribution in [-0.4, -0.2) is 25.5 Å². The summed E-state index contributed by atoms with van der Waals surface area (Å²) in [4.78, 5) is 12.6. The zero-order valence-corrected chi connectivity index (χ0v) is 26.1. The van der Waals surface area contributed by atoms with Gasteiger partial charge in [0.2, 0.25) is 0 Å². The first kappa shape index (κ1) is 31.8. The molecule has 0 unspecified atom stereocenters. The van der Waals surface area contributed by atoms with E-state index in [9.17, 15) is 22.9 Å². The number of hydrogen-bond donors (Lipinski definition) is 2. The van der Waals surface area contributed by atoms with Gasteiger partial charge in [-0.3, -0.25) is 9.35 Å². The summed E-state index contributed by atoms with van der Waals surface area (Å²) in [5.41, 5.74) is 0.104. The molecule has 40 heavy (non-hydrogen) atoms. The Morgan fingerprint density at radius 2 is 1.77 bits per heavy atom. The monoisotopic (exact) mass is 609 g/mol. The third kappa shape index (κ3) is 6.95. The van der Waals surface area contributed by atoms with Crippen LogP contribution in [0.15, 0.2) is 75.8 Å². The molecule has 0 heterocycles. The number of azo groups is 1. The molecule has 4 rings (SSSR count). The van der Waals surface area contributed by atoms with E-state index in [4.69, 9.17) is 27.9 Å². The molecule has 1 amide bonds. The number of carbonyl (C=O) groups excluding carboxylic acids is 1. The van der Waals surface area contributed by atoms with Gasteiger partial charge < -0.3 is 15.2 Å². The number of fused-ring (bicyclic) bond motifs is 1. The fourth-order valence-corrected chi connectivity index (χ4v) is 5.49. The largest absolute Gasteiger partial charge is 1.00 e. The first-order valence-electron chi connectivity index (χ1n) is 11.7. The molecule has 4 aromatic carbocycles. The standard InChI is InChI=1S/C27H23Cl2N3O6S.Na/c1-3-15-9-10-22(26(23(15)29)39(35,36)37)31-32-24-20-8-6-5-7-16(20)11-21(25(24)33)27(34)30-18-12-17(28)13-19(14-18)38-4-2;/h5-14,33H,3-4H2,1-2H3,(H,30,34)(H,35,36,37);/q;+1/p-1. The van der Waals surface area contributed by atoms with Crippen LogP contribution >= 0.6 is 23.2 Å². The molecule has 0 aromatic heterocycles. The van der Waals surface area contributed by atoms with E-state index in [0.717, 1.165) is 0 Å². The minimum atomic E-state index is -4.77. The SMILES string of the molecule is CCOc1cc(Cl)cc(NC(=O)c2cc3ccccc3c(N=Nc3ccc(CC)c(Cl)c3S(=O)(=O)O)c2[O-])c1.[Na+]. The van der Waals surface area contributed by atoms with Crippen molar-refractivity contribution in [3.8, 4) is 11.5 Å². The number of aryl methyl sites for hydroxylation is 1. The van der Waals surface area contributed by atoms with Crippen molar-refractivity contribution in [3.05, 3.63) is 81.8 Å². The normalized spacial score (nSPS) is 11.4. The fourth-order valence-electron chi connectivity index (χ4n) is 3.95. The number of halogens is 2. The summed E-state index contributed by atoms with van der Waals surface area (Å²) < 4.78 is 39.4. The van der Waals surface area contributed by atoms with Crippen molar-refractivity contribution in [3.63, 3.8) is 0 Å². The van der Waals surface area contributed by atoms with Gasteiger partial charge in [0.15, 0.2) is 0 Å². The first-order chi connectivity index (χ1) is 18.5. The molecule has 9 nitrogen and oxygen atoms in total. The van der Waals surface area contributed by atoms with Crippen LogP contribution in [0.4, 0.5) is 17.1 Å². The Morgan fingerprint density at radius 1 is 1.05 bits per heavy atom. The molecule has 0 bridgehead atoms. The molecule has 13 heteroatoms. The zero-order valence-electron chi connectivity index (χ0n) is 21.7. The number of nitrogens with zero attached hydrogens (tertiary/aromatic N) is 2. The maximum absolute atomic E-state index is 13.5. The van der Waals surface area contributed by atoms with Crippen molar-refractivity contribution >= 4 is 67.1 Å². The third-order valence-electron chi connectivity index (χ3n) is 5.71. The quantitative estimate of drug-likeness (QED) is 0.175. The fraction of sp³-hybridized carbons (Fsp3) is 0.148. The Morgan fingerprint density at radius 3 is 2.45 bits per heavy atom. The van der Waals surface area contributed by atoms with Gasteiger partial charge in [-0.25, -0.2) is 0 Å². The van der Waals surface area contributed by atoms with E-state index < -0.39 is 26.7 Å². The summed E-state index contributed by atoms with van der Waals surface area (Å²) in [6.07, 6.45) is 0.407. The second-order valence-corrected chi connectivity index (χ2v) is 10.5. The molecule has 0 atom stereocenters. The van der Waals surface area contributed by atoms with Crippen molar-refractivity contribution in [2.75, 3.05) is 11.9 Å². The van der Waals surface area contributed by atoms with Gasteiger partial charge in [-0.15, -0.1) is 5.11 Å². The van der Waals surface area contributed by atoms with Gasteiger partial charge in [0.05, 0.1) is 17.3 Å². The van der Waals surface area contributed by atoms with E-state index >= 15 is 0 Å². The summed E-state index contributed by atoms with van der Waals surface area (Å²) in [6.45, 7) is 3.96. The average molecular weight is 610 g/mol. The third-order valence-corrected chi connectivity index (χ3v) is 7.40. The molecular formula is C27H22Cl2N3NaO6S. The summed E-state index contributed by atoms with van der Waals surface area (Å²) in [5, 5.41) is 25.1. The minimum Gasteiger partial charge on any atom is -0.870 e. The van der Waals surface area contributed by atoms with E-state index in [1.165, 1.54) is 18.2 Å². The second kappa shape index (κ2) is 13.3. The summed E-state index contributed by atoms with van der Waals surface area (Å²) >= 11 is 12.4. The van der Waals surface area contributed by atoms with Crippen LogP contribution in [0.3, 0.4) is 0 Å². The summed E-state index contributed by atoms with van der Waals surface area (Å²) in [6, 6.07) is 15.7. The molecule has 0 spiro atoms. The maximum atomic E-state index is 13.5. The van der Waals surface area contributed by atoms with E-state index in [0.29, 0.717) is 45.8 Å². The Kier molecular flexibility index (Phi) is 10.6. The van der Waals surface area contributed by atoms with Crippen molar-refractivity contribution in [2.24, 2.45) is 10.2 Å². The van der Waals surface area contributed by atoms with E-state index in [2.05, 4.69) is 15.5 Å². The summed E-state index contributed by atoms with van der Waals surface area (Å²) in [5.74, 6) is -1.02. The van der Waals surface area contributed by atoms with Crippen LogP contribution in [0.1, 0.15) is 29.8 Å². The Hall–Kier alpha value is -2.70. The number of nitrogens with one attached hydrogen (secondary N) is 1. The number of anilines is 1. The smallest absolute Gasteiger partial charge is 0.870 e. The van der Waals surface area contributed by atoms with Crippen LogP contribution in [0.5, 0.6) is 11.5 Å². The Balaban J connectivity index is 0.00000441. The number of benzene rings is 4. The molecule has 0 radical (unpaired) electrons. The Bertz CT molecular complexity index is 1730. The molecule has 0 saturated heterocycles. The minimum absolute atomic E-state index is 0. The maximum Gasteiger partial charge on any atom is 1.00 e. The van der Waals surface area contributed by atoms with E-state index in [-0.39, 0.29) is 51.5 Å². The van der Waals surface area contributed by atoms with E-state index in [1.807, 2.05) is 0 Å².